The summed E-state index contributed by atoms with van der Waals surface area (Å²) in [6.07, 6.45) is 0.0784. The van der Waals surface area contributed by atoms with Crippen LogP contribution in [0.2, 0.25) is 0 Å². The van der Waals surface area contributed by atoms with Crippen LogP contribution >= 0.6 is 0 Å². The second-order valence-corrected chi connectivity index (χ2v) is 6.94. The van der Waals surface area contributed by atoms with Gasteiger partial charge < -0.3 is 16.0 Å². The van der Waals surface area contributed by atoms with Crippen LogP contribution in [-0.2, 0) is 9.59 Å². The Morgan fingerprint density at radius 3 is 2.71 bits per heavy atom. The monoisotopic (exact) mass is 382 g/mol. The number of para-hydroxylation sites is 2. The van der Waals surface area contributed by atoms with Gasteiger partial charge in [0.1, 0.15) is 11.7 Å². The van der Waals surface area contributed by atoms with Crippen LogP contribution in [0.3, 0.4) is 0 Å². The maximum atomic E-state index is 12.3. The van der Waals surface area contributed by atoms with Crippen molar-refractivity contribution < 1.29 is 14.5 Å². The summed E-state index contributed by atoms with van der Waals surface area (Å²) in [7, 11) is 0. The lowest BCUT2D eigenvalue weighted by atomic mass is 9.98. The molecule has 2 aromatic rings. The summed E-state index contributed by atoms with van der Waals surface area (Å²) in [6, 6.07) is 11.3. The molecule has 8 nitrogen and oxygen atoms in total. The first-order valence-corrected chi connectivity index (χ1v) is 9.08. The van der Waals surface area contributed by atoms with Crippen LogP contribution in [0.15, 0.2) is 42.5 Å². The molecule has 3 N–H and O–H groups in total. The Balaban J connectivity index is 1.61. The quantitative estimate of drug-likeness (QED) is 0.502. The van der Waals surface area contributed by atoms with Crippen molar-refractivity contribution in [3.63, 3.8) is 0 Å². The second-order valence-electron chi connectivity index (χ2n) is 6.94. The van der Waals surface area contributed by atoms with Gasteiger partial charge >= 0.3 is 0 Å². The first-order valence-electron chi connectivity index (χ1n) is 9.08. The lowest BCUT2D eigenvalue weighted by Gasteiger charge is -2.14. The number of anilines is 2. The second kappa shape index (κ2) is 8.08. The molecule has 1 aliphatic rings. The average Bonchev–Trinajstić information content (AvgIpc) is 2.96. The van der Waals surface area contributed by atoms with E-state index in [1.807, 2.05) is 18.2 Å². The molecule has 146 valence electrons. The van der Waals surface area contributed by atoms with E-state index >= 15 is 0 Å². The smallest absolute Gasteiger partial charge is 0.292 e. The first kappa shape index (κ1) is 19.3. The number of nitrogens with zero attached hydrogens (tertiary/aromatic N) is 1. The van der Waals surface area contributed by atoms with Crippen LogP contribution < -0.4 is 16.0 Å². The van der Waals surface area contributed by atoms with Gasteiger partial charge in [0.05, 0.1) is 4.92 Å². The fourth-order valence-corrected chi connectivity index (χ4v) is 3.11. The number of fused-ring (bicyclic) bond motifs is 1. The van der Waals surface area contributed by atoms with E-state index in [2.05, 4.69) is 29.8 Å². The Morgan fingerprint density at radius 2 is 2.00 bits per heavy atom. The summed E-state index contributed by atoms with van der Waals surface area (Å²) < 4.78 is 0. The zero-order valence-electron chi connectivity index (χ0n) is 15.7. The topological polar surface area (TPSA) is 113 Å². The van der Waals surface area contributed by atoms with Crippen molar-refractivity contribution in [2.45, 2.75) is 32.2 Å². The summed E-state index contributed by atoms with van der Waals surface area (Å²) in [4.78, 5) is 35.1. The molecule has 0 spiro atoms. The standard InChI is InChI=1S/C20H22N4O4/c1-12(2)13-7-8-15-14(11-13)19(20(26)22-15)23-18(25)9-10-21-16-5-3-4-6-17(16)24(27)28/h3-8,11-12,19,21H,9-10H2,1-2H3,(H,22,26)(H,23,25). The van der Waals surface area contributed by atoms with E-state index < -0.39 is 11.0 Å². The van der Waals surface area contributed by atoms with E-state index in [1.54, 1.807) is 18.2 Å². The highest BCUT2D eigenvalue weighted by molar-refractivity contribution is 6.04. The number of carbonyl (C=O) groups is 2. The largest absolute Gasteiger partial charge is 0.379 e. The van der Waals surface area contributed by atoms with Crippen LogP contribution in [0.5, 0.6) is 0 Å². The minimum Gasteiger partial charge on any atom is -0.379 e. The highest BCUT2D eigenvalue weighted by Gasteiger charge is 2.32. The molecule has 2 amide bonds. The van der Waals surface area contributed by atoms with Crippen LogP contribution in [0.25, 0.3) is 0 Å². The highest BCUT2D eigenvalue weighted by atomic mass is 16.6. The SMILES string of the molecule is CC(C)c1ccc2c(c1)C(NC(=O)CCNc1ccccc1[N+](=O)[O-])C(=O)N2. The Bertz CT molecular complexity index is 926. The maximum absolute atomic E-state index is 12.3. The predicted molar refractivity (Wildman–Crippen MR) is 106 cm³/mol. The summed E-state index contributed by atoms with van der Waals surface area (Å²) in [5, 5.41) is 19.4. The molecule has 1 unspecified atom stereocenters. The first-order chi connectivity index (χ1) is 13.4. The van der Waals surface area contributed by atoms with Crippen molar-refractivity contribution in [3.8, 4) is 0 Å². The van der Waals surface area contributed by atoms with Gasteiger partial charge in [-0.15, -0.1) is 0 Å². The molecule has 1 atom stereocenters. The van der Waals surface area contributed by atoms with E-state index in [0.29, 0.717) is 17.3 Å². The summed E-state index contributed by atoms with van der Waals surface area (Å²) in [6.45, 7) is 4.34. The summed E-state index contributed by atoms with van der Waals surface area (Å²) >= 11 is 0. The zero-order valence-corrected chi connectivity index (χ0v) is 15.7. The minimum atomic E-state index is -0.729. The Hall–Kier alpha value is -3.42. The number of rotatable bonds is 7. The third-order valence-corrected chi connectivity index (χ3v) is 4.65. The number of hydrogen-bond donors (Lipinski definition) is 3. The molecule has 3 rings (SSSR count). The van der Waals surface area contributed by atoms with Crippen molar-refractivity contribution in [2.75, 3.05) is 17.2 Å². The molecule has 0 fully saturated rings. The lowest BCUT2D eigenvalue weighted by Crippen LogP contribution is -2.33. The van der Waals surface area contributed by atoms with Crippen LogP contribution in [0.1, 0.15) is 43.4 Å². The Morgan fingerprint density at radius 1 is 1.25 bits per heavy atom. The molecule has 1 heterocycles. The van der Waals surface area contributed by atoms with E-state index in [4.69, 9.17) is 0 Å². The number of hydrogen-bond acceptors (Lipinski definition) is 5. The third-order valence-electron chi connectivity index (χ3n) is 4.65. The molecule has 0 aromatic heterocycles. The molecule has 2 aromatic carbocycles. The number of carbonyl (C=O) groups excluding carboxylic acids is 2. The van der Waals surface area contributed by atoms with Crippen molar-refractivity contribution in [1.29, 1.82) is 0 Å². The van der Waals surface area contributed by atoms with Crippen LogP contribution in [0.4, 0.5) is 17.1 Å². The fraction of sp³-hybridized carbons (Fsp3) is 0.300. The van der Waals surface area contributed by atoms with Gasteiger partial charge in [-0.2, -0.15) is 0 Å². The van der Waals surface area contributed by atoms with Gasteiger partial charge in [0, 0.05) is 30.3 Å². The molecule has 8 heteroatoms. The number of nitro groups is 1. The normalized spacial score (nSPS) is 15.1. The van der Waals surface area contributed by atoms with Crippen molar-refractivity contribution in [2.24, 2.45) is 0 Å². The van der Waals surface area contributed by atoms with Gasteiger partial charge in [0.2, 0.25) is 5.91 Å². The van der Waals surface area contributed by atoms with E-state index in [9.17, 15) is 19.7 Å². The molecule has 0 saturated heterocycles. The van der Waals surface area contributed by atoms with Gasteiger partial charge in [-0.25, -0.2) is 0 Å². The molecular weight excluding hydrogens is 360 g/mol. The van der Waals surface area contributed by atoms with Crippen molar-refractivity contribution in [1.82, 2.24) is 5.32 Å². The number of amides is 2. The zero-order chi connectivity index (χ0) is 20.3. The number of nitro benzene ring substituents is 1. The lowest BCUT2D eigenvalue weighted by molar-refractivity contribution is -0.384. The molecule has 0 bridgehead atoms. The third kappa shape index (κ3) is 4.11. The number of nitrogens with one attached hydrogen (secondary N) is 3. The molecule has 28 heavy (non-hydrogen) atoms. The van der Waals surface area contributed by atoms with Crippen molar-refractivity contribution >= 4 is 28.9 Å². The van der Waals surface area contributed by atoms with Crippen molar-refractivity contribution in [3.05, 3.63) is 63.7 Å². The molecule has 0 aliphatic carbocycles. The van der Waals surface area contributed by atoms with Gasteiger partial charge in [-0.1, -0.05) is 38.1 Å². The summed E-state index contributed by atoms with van der Waals surface area (Å²) in [5.74, 6) is -0.270. The van der Waals surface area contributed by atoms with Gasteiger partial charge in [0.15, 0.2) is 0 Å². The van der Waals surface area contributed by atoms with Crippen LogP contribution in [-0.4, -0.2) is 23.3 Å². The molecule has 0 radical (unpaired) electrons. The molecule has 0 saturated carbocycles. The van der Waals surface area contributed by atoms with E-state index in [0.717, 1.165) is 11.1 Å². The maximum Gasteiger partial charge on any atom is 0.292 e. The minimum absolute atomic E-state index is 0.0479. The Labute approximate surface area is 162 Å². The van der Waals surface area contributed by atoms with Crippen LogP contribution in [0, 0.1) is 10.1 Å². The van der Waals surface area contributed by atoms with E-state index in [-0.39, 0.29) is 30.5 Å². The molecule has 1 aliphatic heterocycles. The van der Waals surface area contributed by atoms with E-state index in [1.165, 1.54) is 6.07 Å². The fourth-order valence-electron chi connectivity index (χ4n) is 3.11. The predicted octanol–water partition coefficient (Wildman–Crippen LogP) is 3.33. The van der Waals surface area contributed by atoms with Gasteiger partial charge in [0.25, 0.3) is 11.6 Å². The van der Waals surface area contributed by atoms with Gasteiger partial charge in [-0.3, -0.25) is 19.7 Å². The summed E-state index contributed by atoms with van der Waals surface area (Å²) in [5.41, 5.74) is 2.86. The highest BCUT2D eigenvalue weighted by Crippen LogP contribution is 2.33. The van der Waals surface area contributed by atoms with Gasteiger partial charge in [-0.05, 0) is 23.6 Å². The molecular formula is C20H22N4O4. The number of benzene rings is 2. The Kier molecular flexibility index (Phi) is 5.58. The average molecular weight is 382 g/mol.